The second kappa shape index (κ2) is 11.6. The van der Waals surface area contributed by atoms with Gasteiger partial charge < -0.3 is 0 Å². The Morgan fingerprint density at radius 2 is 1.15 bits per heavy atom. The summed E-state index contributed by atoms with van der Waals surface area (Å²) >= 11 is 0. The summed E-state index contributed by atoms with van der Waals surface area (Å²) in [5, 5.41) is 9.17. The normalized spacial score (nSPS) is 12.7. The molecule has 8 heteroatoms. The fraction of sp³-hybridized carbons (Fsp3) is 0.895. The van der Waals surface area contributed by atoms with Crippen molar-refractivity contribution >= 4 is 11.9 Å². The largest absolute Gasteiger partial charge is 0.351 e. The standard InChI is InChI=1S/C19H36O8/c1-9-12-18(5,6)24-26-22-15(20)11-14-17(3,4)16(21)23-27-25-19(7,8)13-10-2/h9-14H2,1-8H3. The molecule has 0 aliphatic carbocycles. The molecule has 0 bridgehead atoms. The highest BCUT2D eigenvalue weighted by Gasteiger charge is 2.33. The SMILES string of the molecule is CCCC(C)(C)OOOC(=O)CCC(C)(C)C(=O)OOOC(C)(C)CCC. The first-order chi connectivity index (χ1) is 12.4. The third kappa shape index (κ3) is 12.0. The van der Waals surface area contributed by atoms with E-state index in [1.54, 1.807) is 13.8 Å². The summed E-state index contributed by atoms with van der Waals surface area (Å²) in [6.45, 7) is 14.6. The van der Waals surface area contributed by atoms with Gasteiger partial charge in [0, 0.05) is 0 Å². The average molecular weight is 392 g/mol. The zero-order valence-electron chi connectivity index (χ0n) is 18.0. The maximum Gasteiger partial charge on any atom is 0.351 e. The van der Waals surface area contributed by atoms with Crippen molar-refractivity contribution in [3.8, 4) is 0 Å². The Balaban J connectivity index is 4.19. The van der Waals surface area contributed by atoms with Gasteiger partial charge in [0.15, 0.2) is 0 Å². The zero-order chi connectivity index (χ0) is 21.1. The molecule has 0 aromatic rings. The minimum atomic E-state index is -0.973. The fourth-order valence-electron chi connectivity index (χ4n) is 2.25. The van der Waals surface area contributed by atoms with Gasteiger partial charge in [-0.15, -0.1) is 0 Å². The van der Waals surface area contributed by atoms with Crippen LogP contribution < -0.4 is 0 Å². The van der Waals surface area contributed by atoms with E-state index < -0.39 is 28.6 Å². The first-order valence-corrected chi connectivity index (χ1v) is 9.47. The molecule has 160 valence electrons. The number of carbonyl (C=O) groups is 2. The quantitative estimate of drug-likeness (QED) is 0.309. The molecule has 0 spiro atoms. The van der Waals surface area contributed by atoms with Crippen LogP contribution in [-0.4, -0.2) is 23.1 Å². The van der Waals surface area contributed by atoms with Crippen LogP contribution in [0.15, 0.2) is 0 Å². The van der Waals surface area contributed by atoms with E-state index in [0.717, 1.165) is 25.7 Å². The third-order valence-electron chi connectivity index (χ3n) is 3.97. The van der Waals surface area contributed by atoms with Crippen LogP contribution in [0.4, 0.5) is 0 Å². The minimum absolute atomic E-state index is 0.0537. The molecule has 8 nitrogen and oxygen atoms in total. The molecule has 0 N–H and O–H groups in total. The highest BCUT2D eigenvalue weighted by Crippen LogP contribution is 2.26. The molecule has 0 aliphatic rings. The lowest BCUT2D eigenvalue weighted by Crippen LogP contribution is -2.30. The molecule has 0 aliphatic heterocycles. The summed E-state index contributed by atoms with van der Waals surface area (Å²) in [6.07, 6.45) is 3.43. The Kier molecular flexibility index (Phi) is 11.1. The van der Waals surface area contributed by atoms with Gasteiger partial charge in [0.05, 0.1) is 11.8 Å². The molecule has 0 saturated carbocycles. The molecule has 0 rings (SSSR count). The van der Waals surface area contributed by atoms with Crippen molar-refractivity contribution in [2.24, 2.45) is 5.41 Å². The maximum atomic E-state index is 12.1. The van der Waals surface area contributed by atoms with E-state index in [4.69, 9.17) is 14.7 Å². The highest BCUT2D eigenvalue weighted by atomic mass is 17.5. The van der Waals surface area contributed by atoms with Crippen molar-refractivity contribution in [1.82, 2.24) is 0 Å². The molecule has 27 heavy (non-hydrogen) atoms. The van der Waals surface area contributed by atoms with Gasteiger partial charge in [-0.2, -0.15) is 9.78 Å². The van der Waals surface area contributed by atoms with E-state index >= 15 is 0 Å². The Morgan fingerprint density at radius 3 is 1.59 bits per heavy atom. The molecule has 0 fully saturated rings. The van der Waals surface area contributed by atoms with Crippen LogP contribution in [0.25, 0.3) is 0 Å². The molecule has 0 radical (unpaired) electrons. The lowest BCUT2D eigenvalue weighted by molar-refractivity contribution is -0.519. The van der Waals surface area contributed by atoms with Gasteiger partial charge >= 0.3 is 11.9 Å². The predicted octanol–water partition coefficient (Wildman–Crippen LogP) is 4.76. The summed E-state index contributed by atoms with van der Waals surface area (Å²) in [5.41, 5.74) is -2.09. The molecule has 0 atom stereocenters. The van der Waals surface area contributed by atoms with Crippen LogP contribution in [0, 0.1) is 5.41 Å². The zero-order valence-corrected chi connectivity index (χ0v) is 18.0. The molecule has 0 heterocycles. The minimum Gasteiger partial charge on any atom is -0.269 e. The van der Waals surface area contributed by atoms with Gasteiger partial charge in [0.25, 0.3) is 0 Å². The number of rotatable bonds is 14. The van der Waals surface area contributed by atoms with Gasteiger partial charge in [-0.1, -0.05) is 26.7 Å². The van der Waals surface area contributed by atoms with E-state index in [2.05, 4.69) is 15.0 Å². The van der Waals surface area contributed by atoms with E-state index in [9.17, 15) is 9.59 Å². The van der Waals surface area contributed by atoms with Crippen molar-refractivity contribution in [3.05, 3.63) is 0 Å². The van der Waals surface area contributed by atoms with E-state index in [1.807, 2.05) is 41.5 Å². The summed E-state index contributed by atoms with van der Waals surface area (Å²) in [5.74, 6) is -1.30. The van der Waals surface area contributed by atoms with Crippen LogP contribution in [0.5, 0.6) is 0 Å². The lowest BCUT2D eigenvalue weighted by Gasteiger charge is -2.24. The predicted molar refractivity (Wildman–Crippen MR) is 97.5 cm³/mol. The van der Waals surface area contributed by atoms with Crippen molar-refractivity contribution in [2.75, 3.05) is 0 Å². The van der Waals surface area contributed by atoms with E-state index in [1.165, 1.54) is 0 Å². The topological polar surface area (TPSA) is 89.5 Å². The third-order valence-corrected chi connectivity index (χ3v) is 3.97. The molecule has 0 amide bonds. The fourth-order valence-corrected chi connectivity index (χ4v) is 2.25. The van der Waals surface area contributed by atoms with Crippen LogP contribution in [-0.2, 0) is 39.2 Å². The molecular formula is C19H36O8. The Labute approximate surface area is 162 Å². The van der Waals surface area contributed by atoms with Crippen LogP contribution in [0.1, 0.15) is 93.9 Å². The summed E-state index contributed by atoms with van der Waals surface area (Å²) < 4.78 is 0. The number of carbonyl (C=O) groups excluding carboxylic acids is 2. The van der Waals surface area contributed by atoms with Crippen molar-refractivity contribution in [1.29, 1.82) is 0 Å². The van der Waals surface area contributed by atoms with Crippen LogP contribution in [0.2, 0.25) is 0 Å². The van der Waals surface area contributed by atoms with Gasteiger partial charge in [-0.25, -0.2) is 9.59 Å². The summed E-state index contributed by atoms with van der Waals surface area (Å²) in [4.78, 5) is 43.3. The summed E-state index contributed by atoms with van der Waals surface area (Å²) in [6, 6.07) is 0. The number of hydrogen-bond donors (Lipinski definition) is 0. The lowest BCUT2D eigenvalue weighted by atomic mass is 9.88. The molecule has 0 saturated heterocycles. The Hall–Kier alpha value is -1.22. The highest BCUT2D eigenvalue weighted by molar-refractivity contribution is 5.76. The molecule has 0 unspecified atom stereocenters. The molecule has 0 aromatic carbocycles. The monoisotopic (exact) mass is 392 g/mol. The average Bonchev–Trinajstić information content (AvgIpc) is 2.52. The summed E-state index contributed by atoms with van der Waals surface area (Å²) in [7, 11) is 0. The second-order valence-electron chi connectivity index (χ2n) is 8.53. The van der Waals surface area contributed by atoms with E-state index in [0.29, 0.717) is 0 Å². The first-order valence-electron chi connectivity index (χ1n) is 9.47. The van der Waals surface area contributed by atoms with Gasteiger partial charge in [-0.05, 0) is 70.9 Å². The molecular weight excluding hydrogens is 356 g/mol. The van der Waals surface area contributed by atoms with Gasteiger partial charge in [-0.3, -0.25) is 9.78 Å². The van der Waals surface area contributed by atoms with E-state index in [-0.39, 0.29) is 12.8 Å². The first kappa shape index (κ1) is 25.8. The van der Waals surface area contributed by atoms with Crippen molar-refractivity contribution in [3.63, 3.8) is 0 Å². The van der Waals surface area contributed by atoms with Crippen molar-refractivity contribution < 1.29 is 39.2 Å². The second-order valence-corrected chi connectivity index (χ2v) is 8.53. The van der Waals surface area contributed by atoms with Gasteiger partial charge in [0.1, 0.15) is 11.2 Å². The van der Waals surface area contributed by atoms with Crippen LogP contribution in [0.3, 0.4) is 0 Å². The Morgan fingerprint density at radius 1 is 0.704 bits per heavy atom. The molecule has 0 aromatic heterocycles. The van der Waals surface area contributed by atoms with Gasteiger partial charge in [0.2, 0.25) is 0 Å². The van der Waals surface area contributed by atoms with Crippen LogP contribution >= 0.6 is 0 Å². The maximum absolute atomic E-state index is 12.1. The smallest absolute Gasteiger partial charge is 0.269 e. The number of hydrogen-bond acceptors (Lipinski definition) is 8. The van der Waals surface area contributed by atoms with Crippen molar-refractivity contribution in [2.45, 2.75) is 105 Å². The Bertz CT molecular complexity index is 457.